The van der Waals surface area contributed by atoms with Gasteiger partial charge in [0.2, 0.25) is 10.0 Å². The summed E-state index contributed by atoms with van der Waals surface area (Å²) in [6.45, 7) is 9.04. The fourth-order valence-electron chi connectivity index (χ4n) is 2.91. The fraction of sp³-hybridized carbons (Fsp3) is 0.391. The number of rotatable bonds is 9. The number of halogens is 1. The maximum absolute atomic E-state index is 12.7. The highest BCUT2D eigenvalue weighted by atomic mass is 32.2. The molecule has 1 aromatic rings. The number of aldehydes is 1. The first-order chi connectivity index (χ1) is 14.8. The highest BCUT2D eigenvalue weighted by Crippen LogP contribution is 2.25. The Morgan fingerprint density at radius 2 is 1.97 bits per heavy atom. The molecule has 1 atom stereocenters. The molecule has 0 unspecified atom stereocenters. The van der Waals surface area contributed by atoms with Gasteiger partial charge in [-0.3, -0.25) is 4.99 Å². The number of nitrogens with one attached hydrogen (secondary N) is 1. The van der Waals surface area contributed by atoms with E-state index in [0.717, 1.165) is 25.1 Å². The topological polar surface area (TPSA) is 78.8 Å². The average molecular weight is 450 g/mol. The minimum atomic E-state index is -3.68. The Morgan fingerprint density at radius 1 is 1.29 bits per heavy atom. The Bertz CT molecular complexity index is 906. The normalized spacial score (nSPS) is 18.0. The summed E-state index contributed by atoms with van der Waals surface area (Å²) in [5, 5.41) is 3.11. The quantitative estimate of drug-likeness (QED) is 0.353. The number of carbonyl (C=O) groups excluding carboxylic acids is 1. The summed E-state index contributed by atoms with van der Waals surface area (Å²) in [7, 11) is -1.73. The van der Waals surface area contributed by atoms with Gasteiger partial charge in [-0.25, -0.2) is 12.8 Å². The van der Waals surface area contributed by atoms with Crippen molar-refractivity contribution < 1.29 is 17.6 Å². The molecular weight excluding hydrogens is 417 g/mol. The number of hydrogen-bond acceptors (Lipinski definition) is 5. The van der Waals surface area contributed by atoms with Crippen molar-refractivity contribution in [2.75, 3.05) is 20.1 Å². The van der Waals surface area contributed by atoms with Crippen LogP contribution in [0.15, 0.2) is 70.2 Å². The van der Waals surface area contributed by atoms with Gasteiger partial charge in [-0.2, -0.15) is 4.31 Å². The van der Waals surface area contributed by atoms with Crippen LogP contribution in [0.1, 0.15) is 33.1 Å². The first-order valence-electron chi connectivity index (χ1n) is 10.1. The summed E-state index contributed by atoms with van der Waals surface area (Å²) >= 11 is 0. The van der Waals surface area contributed by atoms with E-state index in [4.69, 9.17) is 0 Å². The van der Waals surface area contributed by atoms with Gasteiger partial charge in [0.15, 0.2) is 0 Å². The van der Waals surface area contributed by atoms with Crippen molar-refractivity contribution in [3.8, 4) is 0 Å². The van der Waals surface area contributed by atoms with E-state index in [2.05, 4.69) is 36.8 Å². The van der Waals surface area contributed by atoms with Crippen LogP contribution in [0.5, 0.6) is 0 Å². The summed E-state index contributed by atoms with van der Waals surface area (Å²) in [5.74, 6) is -0.489. The summed E-state index contributed by atoms with van der Waals surface area (Å²) in [4.78, 5) is 14.9. The molecule has 1 saturated heterocycles. The number of likely N-dealkylation sites (N-methyl/N-ethyl adjacent to an activating group) is 1. The van der Waals surface area contributed by atoms with Crippen LogP contribution in [0.3, 0.4) is 0 Å². The Kier molecular flexibility index (Phi) is 11.8. The zero-order valence-corrected chi connectivity index (χ0v) is 19.2. The molecule has 1 aromatic carbocycles. The first kappa shape index (κ1) is 26.6. The van der Waals surface area contributed by atoms with E-state index in [0.29, 0.717) is 25.7 Å². The Morgan fingerprint density at radius 3 is 2.55 bits per heavy atom. The lowest BCUT2D eigenvalue weighted by Crippen LogP contribution is -2.36. The number of nitrogens with zero attached hydrogens (tertiary/aromatic N) is 2. The molecule has 0 spiro atoms. The Balaban J connectivity index is 0.000000318. The number of aliphatic imine (C=N–C) groups is 1. The second kappa shape index (κ2) is 13.8. The summed E-state index contributed by atoms with van der Waals surface area (Å²) in [5.41, 5.74) is 2.60. The zero-order valence-electron chi connectivity index (χ0n) is 18.4. The molecule has 170 valence electrons. The summed E-state index contributed by atoms with van der Waals surface area (Å²) < 4.78 is 38.2. The number of allylic oxidation sites excluding steroid dienone is 3. The highest BCUT2D eigenvalue weighted by molar-refractivity contribution is 7.89. The Hall–Kier alpha value is -2.42. The Labute approximate surface area is 185 Å². The number of carbonyl (C=O) groups is 1. The SMILES string of the molecule is C=CC=N/C=C(\C)C/C=C(\C)CNC.O=C[C@@H]1CCCN1S(=O)(=O)c1ccc(F)cc1. The summed E-state index contributed by atoms with van der Waals surface area (Å²) in [6, 6.07) is 4.03. The van der Waals surface area contributed by atoms with Crippen LogP contribution in [0.25, 0.3) is 0 Å². The van der Waals surface area contributed by atoms with Gasteiger partial charge in [-0.05, 0) is 64.4 Å². The second-order valence-corrected chi connectivity index (χ2v) is 9.10. The van der Waals surface area contributed by atoms with Crippen molar-refractivity contribution in [2.24, 2.45) is 4.99 Å². The van der Waals surface area contributed by atoms with E-state index < -0.39 is 21.9 Å². The number of hydrogen-bond donors (Lipinski definition) is 1. The van der Waals surface area contributed by atoms with Gasteiger partial charge in [0, 0.05) is 25.5 Å². The number of sulfonamides is 1. The molecule has 1 heterocycles. The van der Waals surface area contributed by atoms with E-state index >= 15 is 0 Å². The fourth-order valence-corrected chi connectivity index (χ4v) is 4.54. The molecule has 0 aromatic heterocycles. The van der Waals surface area contributed by atoms with E-state index in [1.165, 1.54) is 27.6 Å². The molecular formula is C23H32FN3O3S. The smallest absolute Gasteiger partial charge is 0.243 e. The van der Waals surface area contributed by atoms with Gasteiger partial charge in [0.1, 0.15) is 12.1 Å². The molecule has 8 heteroatoms. The molecule has 6 nitrogen and oxygen atoms in total. The molecule has 1 N–H and O–H groups in total. The van der Waals surface area contributed by atoms with Crippen molar-refractivity contribution >= 4 is 22.5 Å². The minimum absolute atomic E-state index is 0.0210. The van der Waals surface area contributed by atoms with Crippen molar-refractivity contribution in [2.45, 2.75) is 44.0 Å². The third-order valence-electron chi connectivity index (χ3n) is 4.54. The largest absolute Gasteiger partial charge is 0.316 e. The van der Waals surface area contributed by atoms with Crippen LogP contribution in [-0.2, 0) is 14.8 Å². The first-order valence-corrected chi connectivity index (χ1v) is 11.5. The lowest BCUT2D eigenvalue weighted by Gasteiger charge is -2.19. The third kappa shape index (κ3) is 9.08. The van der Waals surface area contributed by atoms with Crippen LogP contribution in [0, 0.1) is 5.82 Å². The highest BCUT2D eigenvalue weighted by Gasteiger charge is 2.34. The average Bonchev–Trinajstić information content (AvgIpc) is 3.23. The van der Waals surface area contributed by atoms with Gasteiger partial charge in [-0.15, -0.1) is 0 Å². The second-order valence-electron chi connectivity index (χ2n) is 7.21. The van der Waals surface area contributed by atoms with Crippen LogP contribution in [0.2, 0.25) is 0 Å². The van der Waals surface area contributed by atoms with Crippen LogP contribution < -0.4 is 5.32 Å². The molecule has 0 radical (unpaired) electrons. The van der Waals surface area contributed by atoms with E-state index in [-0.39, 0.29) is 4.90 Å². The maximum Gasteiger partial charge on any atom is 0.243 e. The molecule has 1 aliphatic rings. The van der Waals surface area contributed by atoms with Gasteiger partial charge in [-0.1, -0.05) is 29.9 Å². The van der Waals surface area contributed by atoms with Crippen LogP contribution >= 0.6 is 0 Å². The van der Waals surface area contributed by atoms with E-state index in [1.54, 1.807) is 12.3 Å². The molecule has 31 heavy (non-hydrogen) atoms. The molecule has 1 aliphatic heterocycles. The van der Waals surface area contributed by atoms with Gasteiger partial charge < -0.3 is 10.1 Å². The third-order valence-corrected chi connectivity index (χ3v) is 6.48. The molecule has 0 aliphatic carbocycles. The van der Waals surface area contributed by atoms with E-state index in [9.17, 15) is 17.6 Å². The van der Waals surface area contributed by atoms with Gasteiger partial charge in [0.05, 0.1) is 10.9 Å². The minimum Gasteiger partial charge on any atom is -0.316 e. The predicted octanol–water partition coefficient (Wildman–Crippen LogP) is 3.88. The molecule has 2 rings (SSSR count). The molecule has 0 amide bonds. The lowest BCUT2D eigenvalue weighted by molar-refractivity contribution is -0.110. The monoisotopic (exact) mass is 449 g/mol. The zero-order chi connectivity index (χ0) is 23.3. The number of benzene rings is 1. The summed E-state index contributed by atoms with van der Waals surface area (Å²) in [6.07, 6.45) is 10.3. The predicted molar refractivity (Wildman–Crippen MR) is 124 cm³/mol. The van der Waals surface area contributed by atoms with Crippen LogP contribution in [-0.4, -0.2) is 51.4 Å². The van der Waals surface area contributed by atoms with Crippen molar-refractivity contribution in [3.63, 3.8) is 0 Å². The van der Waals surface area contributed by atoms with E-state index in [1.807, 2.05) is 13.2 Å². The lowest BCUT2D eigenvalue weighted by atomic mass is 10.1. The van der Waals surface area contributed by atoms with Crippen LogP contribution in [0.4, 0.5) is 4.39 Å². The van der Waals surface area contributed by atoms with Gasteiger partial charge >= 0.3 is 0 Å². The van der Waals surface area contributed by atoms with Crippen molar-refractivity contribution in [3.05, 3.63) is 66.2 Å². The van der Waals surface area contributed by atoms with Crippen molar-refractivity contribution in [1.29, 1.82) is 0 Å². The van der Waals surface area contributed by atoms with Crippen molar-refractivity contribution in [1.82, 2.24) is 9.62 Å². The molecule has 1 fully saturated rings. The molecule has 0 saturated carbocycles. The molecule has 0 bridgehead atoms. The maximum atomic E-state index is 12.7. The van der Waals surface area contributed by atoms with Gasteiger partial charge in [0.25, 0.3) is 0 Å². The standard InChI is InChI=1S/C12H20N2.C11H12FNO3S/c1-5-8-14-10-12(3)7-6-11(2)9-13-4;12-9-3-5-11(6-4-9)17(15,16)13-7-1-2-10(13)8-14/h5-6,8,10,13H,1,7,9H2,2-4H3;3-6,8,10H,1-2,7H2/b11-6+,12-10+,14-8?;/t;10-/m.0/s1.